The minimum Gasteiger partial charge on any atom is -0.325 e. The van der Waals surface area contributed by atoms with E-state index in [1.807, 2.05) is 50.4 Å². The van der Waals surface area contributed by atoms with Gasteiger partial charge in [0.25, 0.3) is 5.56 Å². The minimum atomic E-state index is -0.237. The van der Waals surface area contributed by atoms with Gasteiger partial charge in [-0.15, -0.1) is 11.3 Å². The number of nitriles is 1. The maximum absolute atomic E-state index is 12.4. The van der Waals surface area contributed by atoms with Crippen molar-refractivity contribution >= 4 is 32.2 Å². The highest BCUT2D eigenvalue weighted by atomic mass is 32.1. The molecule has 0 spiro atoms. The fraction of sp³-hybridized carbons (Fsp3) is 0.130. The van der Waals surface area contributed by atoms with Crippen molar-refractivity contribution in [2.75, 3.05) is 0 Å². The summed E-state index contributed by atoms with van der Waals surface area (Å²) in [5, 5.41) is 23.3. The Morgan fingerprint density at radius 1 is 1.26 bits per heavy atom. The molecule has 0 aliphatic heterocycles. The zero-order valence-corrected chi connectivity index (χ0v) is 17.7. The summed E-state index contributed by atoms with van der Waals surface area (Å²) in [5.41, 5.74) is 10.4. The number of hydrogen-bond donors (Lipinski definition) is 2. The lowest BCUT2D eigenvalue weighted by atomic mass is 9.96. The molecule has 3 aromatic heterocycles. The summed E-state index contributed by atoms with van der Waals surface area (Å²) in [5.74, 6) is 0. The SMILES string of the molecule is Cc1cc(-c2cnn(C)c2-c2sc3ccccc3c2C#N)cc2c(CN)n[nH]c(=O)c12. The fourth-order valence-electron chi connectivity index (χ4n) is 4.10. The number of aryl methyl sites for hydroxylation is 2. The number of aromatic amines is 1. The van der Waals surface area contributed by atoms with E-state index in [2.05, 4.69) is 21.4 Å². The molecule has 0 radical (unpaired) electrons. The van der Waals surface area contributed by atoms with Crippen LogP contribution in [0.3, 0.4) is 0 Å². The van der Waals surface area contributed by atoms with E-state index in [-0.39, 0.29) is 12.1 Å². The van der Waals surface area contributed by atoms with Gasteiger partial charge in [-0.1, -0.05) is 24.3 Å². The van der Waals surface area contributed by atoms with Gasteiger partial charge in [-0.25, -0.2) is 5.10 Å². The van der Waals surface area contributed by atoms with E-state index in [0.717, 1.165) is 42.7 Å². The third-order valence-corrected chi connectivity index (χ3v) is 6.71. The Labute approximate surface area is 181 Å². The number of nitrogens with zero attached hydrogens (tertiary/aromatic N) is 4. The van der Waals surface area contributed by atoms with Crippen LogP contribution in [0.2, 0.25) is 0 Å². The molecule has 0 aliphatic carbocycles. The monoisotopic (exact) mass is 426 g/mol. The molecule has 31 heavy (non-hydrogen) atoms. The van der Waals surface area contributed by atoms with Gasteiger partial charge in [-0.05, 0) is 30.2 Å². The van der Waals surface area contributed by atoms with Gasteiger partial charge in [-0.3, -0.25) is 9.48 Å². The standard InChI is InChI=1S/C23H18N6OS/c1-12-7-13(8-15-18(10-25)27-28-23(30)20(12)15)17-11-26-29(2)21(17)22-16(9-24)14-5-3-4-6-19(14)31-22/h3-8,11H,10,25H2,1-2H3,(H,28,30). The molecule has 3 N–H and O–H groups in total. The summed E-state index contributed by atoms with van der Waals surface area (Å²) in [7, 11) is 1.87. The lowest BCUT2D eigenvalue weighted by Crippen LogP contribution is -2.14. The Kier molecular flexibility index (Phi) is 4.43. The molecular formula is C23H18N6OS. The first-order chi connectivity index (χ1) is 15.0. The van der Waals surface area contributed by atoms with E-state index in [4.69, 9.17) is 5.73 Å². The van der Waals surface area contributed by atoms with Crippen molar-refractivity contribution in [1.29, 1.82) is 5.26 Å². The Morgan fingerprint density at radius 2 is 2.06 bits per heavy atom. The number of nitrogens with one attached hydrogen (secondary N) is 1. The molecule has 152 valence electrons. The topological polar surface area (TPSA) is 113 Å². The van der Waals surface area contributed by atoms with Gasteiger partial charge >= 0.3 is 0 Å². The number of benzene rings is 2. The Balaban J connectivity index is 1.82. The van der Waals surface area contributed by atoms with Crippen LogP contribution < -0.4 is 11.3 Å². The zero-order chi connectivity index (χ0) is 21.7. The van der Waals surface area contributed by atoms with Crippen molar-refractivity contribution in [3.8, 4) is 27.8 Å². The molecule has 0 unspecified atom stereocenters. The number of thiophene rings is 1. The number of fused-ring (bicyclic) bond motifs is 2. The smallest absolute Gasteiger partial charge is 0.272 e. The third kappa shape index (κ3) is 2.86. The van der Waals surface area contributed by atoms with Gasteiger partial charge < -0.3 is 5.73 Å². The molecule has 0 saturated carbocycles. The van der Waals surface area contributed by atoms with E-state index in [1.54, 1.807) is 22.2 Å². The van der Waals surface area contributed by atoms with Crippen molar-refractivity contribution < 1.29 is 0 Å². The molecule has 7 nitrogen and oxygen atoms in total. The second-order valence-corrected chi connectivity index (χ2v) is 8.42. The molecule has 0 saturated heterocycles. The second kappa shape index (κ2) is 7.16. The van der Waals surface area contributed by atoms with Crippen LogP contribution in [0.15, 0.2) is 47.4 Å². The normalized spacial score (nSPS) is 11.3. The van der Waals surface area contributed by atoms with Crippen molar-refractivity contribution in [2.24, 2.45) is 12.8 Å². The van der Waals surface area contributed by atoms with Crippen LogP contribution in [-0.2, 0) is 13.6 Å². The first-order valence-corrected chi connectivity index (χ1v) is 10.5. The van der Waals surface area contributed by atoms with E-state index >= 15 is 0 Å². The molecule has 2 aromatic carbocycles. The summed E-state index contributed by atoms with van der Waals surface area (Å²) in [6.45, 7) is 2.11. The van der Waals surface area contributed by atoms with E-state index in [1.165, 1.54) is 0 Å². The number of rotatable bonds is 3. The summed E-state index contributed by atoms with van der Waals surface area (Å²) in [4.78, 5) is 13.3. The lowest BCUT2D eigenvalue weighted by molar-refractivity contribution is 0.777. The summed E-state index contributed by atoms with van der Waals surface area (Å²) in [6.07, 6.45) is 1.80. The predicted octanol–water partition coefficient (Wildman–Crippen LogP) is 3.84. The van der Waals surface area contributed by atoms with Gasteiger partial charge in [0.1, 0.15) is 6.07 Å². The zero-order valence-electron chi connectivity index (χ0n) is 16.9. The molecule has 0 fully saturated rings. The average molecular weight is 427 g/mol. The highest BCUT2D eigenvalue weighted by Crippen LogP contribution is 2.42. The Morgan fingerprint density at radius 3 is 2.84 bits per heavy atom. The number of aromatic nitrogens is 4. The van der Waals surface area contributed by atoms with Crippen LogP contribution in [0.1, 0.15) is 16.8 Å². The highest BCUT2D eigenvalue weighted by molar-refractivity contribution is 7.22. The number of H-pyrrole nitrogens is 1. The molecule has 5 aromatic rings. The Hall–Kier alpha value is -3.80. The fourth-order valence-corrected chi connectivity index (χ4v) is 5.35. The molecule has 0 bridgehead atoms. The van der Waals surface area contributed by atoms with E-state index < -0.39 is 0 Å². The van der Waals surface area contributed by atoms with E-state index in [9.17, 15) is 10.1 Å². The van der Waals surface area contributed by atoms with Gasteiger partial charge in [0.05, 0.1) is 33.4 Å². The van der Waals surface area contributed by atoms with Crippen molar-refractivity contribution in [1.82, 2.24) is 20.0 Å². The number of nitrogens with two attached hydrogens (primary N) is 1. The molecule has 0 amide bonds. The lowest BCUT2D eigenvalue weighted by Gasteiger charge is -2.10. The van der Waals surface area contributed by atoms with Gasteiger partial charge in [-0.2, -0.15) is 15.5 Å². The van der Waals surface area contributed by atoms with Gasteiger partial charge in [0, 0.05) is 34.6 Å². The van der Waals surface area contributed by atoms with Gasteiger partial charge in [0.2, 0.25) is 0 Å². The van der Waals surface area contributed by atoms with Crippen molar-refractivity contribution in [3.63, 3.8) is 0 Å². The second-order valence-electron chi connectivity index (χ2n) is 7.36. The minimum absolute atomic E-state index is 0.213. The molecular weight excluding hydrogens is 408 g/mol. The molecule has 5 rings (SSSR count). The third-order valence-electron chi connectivity index (χ3n) is 5.53. The highest BCUT2D eigenvalue weighted by Gasteiger charge is 2.22. The van der Waals surface area contributed by atoms with E-state index in [0.29, 0.717) is 16.6 Å². The summed E-state index contributed by atoms with van der Waals surface area (Å²) >= 11 is 1.58. The average Bonchev–Trinajstić information content (AvgIpc) is 3.33. The summed E-state index contributed by atoms with van der Waals surface area (Å²) in [6, 6.07) is 14.2. The van der Waals surface area contributed by atoms with Crippen LogP contribution in [0.25, 0.3) is 42.6 Å². The molecule has 0 aliphatic rings. The first kappa shape index (κ1) is 19.2. The number of hydrogen-bond acceptors (Lipinski definition) is 6. The van der Waals surface area contributed by atoms with Crippen LogP contribution in [0.4, 0.5) is 0 Å². The van der Waals surface area contributed by atoms with Gasteiger partial charge in [0.15, 0.2) is 0 Å². The van der Waals surface area contributed by atoms with Crippen LogP contribution in [0.5, 0.6) is 0 Å². The van der Waals surface area contributed by atoms with Crippen molar-refractivity contribution in [3.05, 3.63) is 69.8 Å². The Bertz CT molecular complexity index is 1580. The van der Waals surface area contributed by atoms with Crippen molar-refractivity contribution in [2.45, 2.75) is 13.5 Å². The molecule has 3 heterocycles. The maximum Gasteiger partial charge on any atom is 0.272 e. The molecule has 8 heteroatoms. The molecule has 0 atom stereocenters. The van der Waals surface area contributed by atoms with Crippen LogP contribution in [0, 0.1) is 18.3 Å². The quantitative estimate of drug-likeness (QED) is 0.455. The largest absolute Gasteiger partial charge is 0.325 e. The van der Waals surface area contributed by atoms with Crippen LogP contribution >= 0.6 is 11.3 Å². The maximum atomic E-state index is 12.4. The van der Waals surface area contributed by atoms with Crippen LogP contribution in [-0.4, -0.2) is 20.0 Å². The predicted molar refractivity (Wildman–Crippen MR) is 123 cm³/mol. The summed E-state index contributed by atoms with van der Waals surface area (Å²) < 4.78 is 2.84. The first-order valence-electron chi connectivity index (χ1n) is 9.69.